The molecule has 102 valence electrons. The van der Waals surface area contributed by atoms with Crippen molar-refractivity contribution in [2.45, 2.75) is 19.9 Å². The minimum Gasteiger partial charge on any atom is -0.335 e. The van der Waals surface area contributed by atoms with Gasteiger partial charge in [-0.3, -0.25) is 9.59 Å². The molecule has 0 fully saturated rings. The van der Waals surface area contributed by atoms with Crippen molar-refractivity contribution in [3.05, 3.63) is 46.4 Å². The average molecular weight is 269 g/mol. The van der Waals surface area contributed by atoms with Crippen molar-refractivity contribution in [1.29, 1.82) is 5.26 Å². The van der Waals surface area contributed by atoms with Crippen molar-refractivity contribution in [2.24, 2.45) is 5.92 Å². The zero-order valence-corrected chi connectivity index (χ0v) is 11.3. The van der Waals surface area contributed by atoms with Gasteiger partial charge in [0, 0.05) is 5.39 Å². The molecule has 0 aliphatic carbocycles. The van der Waals surface area contributed by atoms with Crippen LogP contribution in [0.15, 0.2) is 35.1 Å². The molecule has 1 aromatic carbocycles. The quantitative estimate of drug-likeness (QED) is 0.891. The van der Waals surface area contributed by atoms with Gasteiger partial charge in [0.05, 0.1) is 6.07 Å². The van der Waals surface area contributed by atoms with Crippen LogP contribution in [0, 0.1) is 17.2 Å². The molecule has 20 heavy (non-hydrogen) atoms. The molecular formula is C15H15N3O2. The van der Waals surface area contributed by atoms with Gasteiger partial charge in [0.15, 0.2) is 0 Å². The number of amides is 1. The van der Waals surface area contributed by atoms with Gasteiger partial charge in [-0.2, -0.15) is 5.26 Å². The van der Waals surface area contributed by atoms with Gasteiger partial charge in [-0.1, -0.05) is 32.0 Å². The summed E-state index contributed by atoms with van der Waals surface area (Å²) in [6.45, 7) is 3.69. The number of aromatic amines is 1. The topological polar surface area (TPSA) is 85.8 Å². The molecule has 5 heteroatoms. The average Bonchev–Trinajstić information content (AvgIpc) is 2.44. The number of benzene rings is 1. The molecule has 0 bridgehead atoms. The summed E-state index contributed by atoms with van der Waals surface area (Å²) in [6.07, 6.45) is 0. The fraction of sp³-hybridized carbons (Fsp3) is 0.267. The summed E-state index contributed by atoms with van der Waals surface area (Å²) in [7, 11) is 0. The van der Waals surface area contributed by atoms with Gasteiger partial charge in [-0.25, -0.2) is 0 Å². The highest BCUT2D eigenvalue weighted by Crippen LogP contribution is 2.10. The van der Waals surface area contributed by atoms with Crippen LogP contribution in [-0.4, -0.2) is 16.9 Å². The van der Waals surface area contributed by atoms with E-state index in [4.69, 9.17) is 5.26 Å². The Kier molecular flexibility index (Phi) is 3.85. The zero-order chi connectivity index (χ0) is 14.7. The third kappa shape index (κ3) is 2.69. The molecule has 2 aromatic rings. The minimum absolute atomic E-state index is 0.00358. The van der Waals surface area contributed by atoms with Crippen LogP contribution in [0.3, 0.4) is 0 Å². The molecule has 1 heterocycles. The molecule has 0 saturated heterocycles. The largest absolute Gasteiger partial charge is 0.335 e. The van der Waals surface area contributed by atoms with E-state index in [0.29, 0.717) is 10.8 Å². The van der Waals surface area contributed by atoms with Crippen LogP contribution < -0.4 is 10.9 Å². The van der Waals surface area contributed by atoms with E-state index in [1.165, 1.54) is 0 Å². The van der Waals surface area contributed by atoms with E-state index >= 15 is 0 Å². The second kappa shape index (κ2) is 5.57. The number of hydrogen-bond acceptors (Lipinski definition) is 3. The Morgan fingerprint density at radius 2 is 2.05 bits per heavy atom. The van der Waals surface area contributed by atoms with Crippen LogP contribution in [0.5, 0.6) is 0 Å². The number of hydrogen-bond donors (Lipinski definition) is 2. The van der Waals surface area contributed by atoms with E-state index in [1.807, 2.05) is 19.9 Å². The van der Waals surface area contributed by atoms with Gasteiger partial charge in [0.2, 0.25) is 0 Å². The van der Waals surface area contributed by atoms with Gasteiger partial charge in [0.25, 0.3) is 11.5 Å². The molecule has 0 aliphatic rings. The molecule has 0 saturated carbocycles. The molecule has 1 unspecified atom stereocenters. The number of aromatic nitrogens is 1. The number of carbonyl (C=O) groups is 1. The summed E-state index contributed by atoms with van der Waals surface area (Å²) in [4.78, 5) is 26.5. The minimum atomic E-state index is -0.586. The predicted molar refractivity (Wildman–Crippen MR) is 76.3 cm³/mol. The highest BCUT2D eigenvalue weighted by Gasteiger charge is 2.17. The Labute approximate surface area is 116 Å². The smallest absolute Gasteiger partial charge is 0.268 e. The van der Waals surface area contributed by atoms with Crippen LogP contribution in [0.25, 0.3) is 10.8 Å². The first kappa shape index (κ1) is 13.8. The normalized spacial score (nSPS) is 12.1. The molecule has 5 nitrogen and oxygen atoms in total. The molecule has 1 atom stereocenters. The highest BCUT2D eigenvalue weighted by atomic mass is 16.2. The number of H-pyrrole nitrogens is 1. The lowest BCUT2D eigenvalue weighted by Crippen LogP contribution is -2.38. The molecule has 1 aromatic heterocycles. The molecule has 2 N–H and O–H groups in total. The first-order valence-corrected chi connectivity index (χ1v) is 6.35. The fourth-order valence-corrected chi connectivity index (χ4v) is 1.90. The van der Waals surface area contributed by atoms with Crippen LogP contribution in [0.1, 0.15) is 24.3 Å². The second-order valence-corrected chi connectivity index (χ2v) is 4.92. The standard InChI is InChI=1S/C15H15N3O2/c1-9(2)13(8-16)18-15(20)12-7-10-5-3-4-6-11(10)14(19)17-12/h3-7,9,13H,1-2H3,(H,17,19)(H,18,20). The maximum Gasteiger partial charge on any atom is 0.268 e. The Morgan fingerprint density at radius 1 is 1.35 bits per heavy atom. The molecule has 0 radical (unpaired) electrons. The third-order valence-corrected chi connectivity index (χ3v) is 3.09. The summed E-state index contributed by atoms with van der Waals surface area (Å²) >= 11 is 0. The van der Waals surface area contributed by atoms with Crippen LogP contribution in [0.4, 0.5) is 0 Å². The van der Waals surface area contributed by atoms with Gasteiger partial charge in [-0.05, 0) is 23.4 Å². The Morgan fingerprint density at radius 3 is 2.70 bits per heavy atom. The lowest BCUT2D eigenvalue weighted by molar-refractivity contribution is 0.0932. The van der Waals surface area contributed by atoms with Crippen molar-refractivity contribution in [3.8, 4) is 6.07 Å². The Hall–Kier alpha value is -2.61. The van der Waals surface area contributed by atoms with E-state index in [0.717, 1.165) is 0 Å². The predicted octanol–water partition coefficient (Wildman–Crippen LogP) is 1.81. The number of carbonyl (C=O) groups excluding carboxylic acids is 1. The summed E-state index contributed by atoms with van der Waals surface area (Å²) in [6, 6.07) is 10.1. The van der Waals surface area contributed by atoms with Crippen molar-refractivity contribution < 1.29 is 4.79 Å². The summed E-state index contributed by atoms with van der Waals surface area (Å²) in [5.74, 6) is -0.454. The van der Waals surface area contributed by atoms with E-state index in [2.05, 4.69) is 10.3 Å². The Bertz CT molecular complexity index is 741. The second-order valence-electron chi connectivity index (χ2n) is 4.92. The van der Waals surface area contributed by atoms with Crippen LogP contribution >= 0.6 is 0 Å². The van der Waals surface area contributed by atoms with Crippen molar-refractivity contribution in [2.75, 3.05) is 0 Å². The van der Waals surface area contributed by atoms with Crippen molar-refractivity contribution in [3.63, 3.8) is 0 Å². The zero-order valence-electron chi connectivity index (χ0n) is 11.3. The molecule has 0 spiro atoms. The van der Waals surface area contributed by atoms with E-state index in [9.17, 15) is 9.59 Å². The number of fused-ring (bicyclic) bond motifs is 1. The number of rotatable bonds is 3. The molecule has 1 amide bonds. The van der Waals surface area contributed by atoms with Crippen molar-refractivity contribution in [1.82, 2.24) is 10.3 Å². The first-order chi connectivity index (χ1) is 9.52. The van der Waals surface area contributed by atoms with Crippen LogP contribution in [0.2, 0.25) is 0 Å². The molecular weight excluding hydrogens is 254 g/mol. The van der Waals surface area contributed by atoms with E-state index < -0.39 is 11.9 Å². The van der Waals surface area contributed by atoms with Gasteiger partial charge in [0.1, 0.15) is 11.7 Å². The maximum atomic E-state index is 12.1. The van der Waals surface area contributed by atoms with Gasteiger partial charge >= 0.3 is 0 Å². The number of pyridine rings is 1. The van der Waals surface area contributed by atoms with E-state index in [1.54, 1.807) is 30.3 Å². The van der Waals surface area contributed by atoms with Gasteiger partial charge in [-0.15, -0.1) is 0 Å². The number of nitrogens with one attached hydrogen (secondary N) is 2. The number of nitrogens with zero attached hydrogens (tertiary/aromatic N) is 1. The fourth-order valence-electron chi connectivity index (χ4n) is 1.90. The SMILES string of the molecule is CC(C)C(C#N)NC(=O)c1cc2ccccc2c(=O)[nH]1. The molecule has 0 aliphatic heterocycles. The number of nitriles is 1. The Balaban J connectivity index is 2.36. The monoisotopic (exact) mass is 269 g/mol. The lowest BCUT2D eigenvalue weighted by atomic mass is 10.1. The van der Waals surface area contributed by atoms with E-state index in [-0.39, 0.29) is 17.2 Å². The highest BCUT2D eigenvalue weighted by molar-refractivity contribution is 5.96. The third-order valence-electron chi connectivity index (χ3n) is 3.09. The molecule has 2 rings (SSSR count). The van der Waals surface area contributed by atoms with Crippen LogP contribution in [-0.2, 0) is 0 Å². The first-order valence-electron chi connectivity index (χ1n) is 6.35. The van der Waals surface area contributed by atoms with Gasteiger partial charge < -0.3 is 10.3 Å². The lowest BCUT2D eigenvalue weighted by Gasteiger charge is -2.14. The maximum absolute atomic E-state index is 12.1. The summed E-state index contributed by atoms with van der Waals surface area (Å²) < 4.78 is 0. The summed E-state index contributed by atoms with van der Waals surface area (Å²) in [5.41, 5.74) is -0.152. The summed E-state index contributed by atoms with van der Waals surface area (Å²) in [5, 5.41) is 12.8. The van der Waals surface area contributed by atoms with Crippen molar-refractivity contribution >= 4 is 16.7 Å².